The number of fused-ring (bicyclic) bond motifs is 3. The molecule has 0 aromatic heterocycles. The lowest BCUT2D eigenvalue weighted by molar-refractivity contribution is -0.139. The number of carbonyl (C=O) groups is 3. The normalized spacial score (nSPS) is 21.8. The molecule has 0 spiro atoms. The van der Waals surface area contributed by atoms with Crippen LogP contribution in [0.3, 0.4) is 0 Å². The Labute approximate surface area is 205 Å². The number of ether oxygens (including phenoxy) is 1. The van der Waals surface area contributed by atoms with Crippen molar-refractivity contribution in [1.29, 1.82) is 0 Å². The predicted octanol–water partition coefficient (Wildman–Crippen LogP) is 4.26. The second kappa shape index (κ2) is 9.72. The van der Waals surface area contributed by atoms with Crippen molar-refractivity contribution in [3.63, 3.8) is 0 Å². The Morgan fingerprint density at radius 3 is 2.26 bits per heavy atom. The zero-order chi connectivity index (χ0) is 24.5. The first-order valence-electron chi connectivity index (χ1n) is 12.5. The van der Waals surface area contributed by atoms with E-state index in [0.717, 1.165) is 35.1 Å². The molecule has 1 saturated carbocycles. The maximum Gasteiger partial charge on any atom is 0.407 e. The van der Waals surface area contributed by atoms with Crippen LogP contribution < -0.4 is 5.32 Å². The van der Waals surface area contributed by atoms with Crippen LogP contribution in [0.4, 0.5) is 4.79 Å². The number of benzene rings is 2. The maximum absolute atomic E-state index is 13.3. The number of likely N-dealkylation sites (tertiary alicyclic amines) is 1. The van der Waals surface area contributed by atoms with Gasteiger partial charge < -0.3 is 20.1 Å². The first kappa shape index (κ1) is 23.4. The van der Waals surface area contributed by atoms with Crippen molar-refractivity contribution in [2.24, 2.45) is 17.8 Å². The van der Waals surface area contributed by atoms with E-state index in [4.69, 9.17) is 9.84 Å². The van der Waals surface area contributed by atoms with E-state index in [1.807, 2.05) is 31.2 Å². The van der Waals surface area contributed by atoms with Gasteiger partial charge in [0, 0.05) is 19.0 Å². The number of amides is 2. The summed E-state index contributed by atoms with van der Waals surface area (Å²) in [6.07, 6.45) is 2.19. The van der Waals surface area contributed by atoms with Crippen LogP contribution in [0.2, 0.25) is 0 Å². The van der Waals surface area contributed by atoms with Crippen LogP contribution >= 0.6 is 0 Å². The van der Waals surface area contributed by atoms with Crippen LogP contribution in [0.5, 0.6) is 0 Å². The highest BCUT2D eigenvalue weighted by molar-refractivity contribution is 5.86. The smallest absolute Gasteiger partial charge is 0.407 e. The lowest BCUT2D eigenvalue weighted by Gasteiger charge is -2.25. The standard InChI is InChI=1S/C28H32N2O5/c1-17-14-30(15-19(17)13-26(31)32)27(33)25(12-18-10-11-18)29-28(34)35-16-24-22-8-4-2-6-20(22)21-7-3-5-9-23(21)24/h2-9,17-19,24-25H,10-16H2,1H3,(H,29,34)(H,31,32)/t17-,19-,25+/m1/s1. The minimum Gasteiger partial charge on any atom is -0.481 e. The third-order valence-electron chi connectivity index (χ3n) is 7.72. The molecule has 0 bridgehead atoms. The summed E-state index contributed by atoms with van der Waals surface area (Å²) in [6, 6.07) is 15.7. The van der Waals surface area contributed by atoms with E-state index >= 15 is 0 Å². The van der Waals surface area contributed by atoms with Gasteiger partial charge in [0.15, 0.2) is 0 Å². The van der Waals surface area contributed by atoms with Crippen molar-refractivity contribution in [1.82, 2.24) is 10.2 Å². The molecule has 1 saturated heterocycles. The molecule has 2 aromatic carbocycles. The Balaban J connectivity index is 1.23. The van der Waals surface area contributed by atoms with E-state index in [2.05, 4.69) is 29.6 Å². The molecule has 5 rings (SSSR count). The Morgan fingerprint density at radius 2 is 1.66 bits per heavy atom. The van der Waals surface area contributed by atoms with Gasteiger partial charge in [-0.2, -0.15) is 0 Å². The molecule has 3 aliphatic rings. The predicted molar refractivity (Wildman–Crippen MR) is 131 cm³/mol. The average Bonchev–Trinajstić information content (AvgIpc) is 3.51. The SMILES string of the molecule is C[C@@H]1CN(C(=O)[C@H](CC2CC2)NC(=O)OCC2c3ccccc3-c3ccccc32)C[C@H]1CC(=O)O. The van der Waals surface area contributed by atoms with E-state index in [1.54, 1.807) is 4.90 Å². The number of nitrogens with zero attached hydrogens (tertiary/aromatic N) is 1. The summed E-state index contributed by atoms with van der Waals surface area (Å²) in [7, 11) is 0. The first-order valence-corrected chi connectivity index (χ1v) is 12.5. The van der Waals surface area contributed by atoms with Gasteiger partial charge in [-0.15, -0.1) is 0 Å². The summed E-state index contributed by atoms with van der Waals surface area (Å²) in [5.41, 5.74) is 4.61. The highest BCUT2D eigenvalue weighted by Gasteiger charge is 2.39. The number of aliphatic carboxylic acids is 1. The van der Waals surface area contributed by atoms with E-state index in [0.29, 0.717) is 25.4 Å². The van der Waals surface area contributed by atoms with Gasteiger partial charge in [-0.3, -0.25) is 9.59 Å². The molecular weight excluding hydrogens is 444 g/mol. The molecule has 2 aromatic rings. The number of carbonyl (C=O) groups excluding carboxylic acids is 2. The number of nitrogens with one attached hydrogen (secondary N) is 1. The minimum atomic E-state index is -0.845. The van der Waals surface area contributed by atoms with Crippen molar-refractivity contribution in [3.8, 4) is 11.1 Å². The average molecular weight is 477 g/mol. The molecule has 2 aliphatic carbocycles. The van der Waals surface area contributed by atoms with Crippen molar-refractivity contribution < 1.29 is 24.2 Å². The van der Waals surface area contributed by atoms with E-state index in [9.17, 15) is 14.4 Å². The fourth-order valence-electron chi connectivity index (χ4n) is 5.62. The fraction of sp³-hybridized carbons (Fsp3) is 0.464. The van der Waals surface area contributed by atoms with Gasteiger partial charge in [-0.05, 0) is 46.4 Å². The van der Waals surface area contributed by atoms with Crippen LogP contribution in [0, 0.1) is 17.8 Å². The third-order valence-corrected chi connectivity index (χ3v) is 7.72. The topological polar surface area (TPSA) is 95.9 Å². The highest BCUT2D eigenvalue weighted by Crippen LogP contribution is 2.44. The molecule has 2 fully saturated rings. The molecule has 1 aliphatic heterocycles. The molecule has 2 N–H and O–H groups in total. The summed E-state index contributed by atoms with van der Waals surface area (Å²) >= 11 is 0. The lowest BCUT2D eigenvalue weighted by atomic mass is 9.95. The van der Waals surface area contributed by atoms with Gasteiger partial charge in [0.2, 0.25) is 5.91 Å². The number of hydrogen-bond donors (Lipinski definition) is 2. The van der Waals surface area contributed by atoms with Gasteiger partial charge in [-0.25, -0.2) is 4.79 Å². The number of hydrogen-bond acceptors (Lipinski definition) is 4. The number of alkyl carbamates (subject to hydrolysis) is 1. The van der Waals surface area contributed by atoms with E-state index in [1.165, 1.54) is 0 Å². The molecule has 7 heteroatoms. The number of carboxylic acids is 1. The second-order valence-corrected chi connectivity index (χ2v) is 10.3. The summed E-state index contributed by atoms with van der Waals surface area (Å²) in [4.78, 5) is 39.1. The molecule has 0 unspecified atom stereocenters. The maximum atomic E-state index is 13.3. The molecule has 0 radical (unpaired) electrons. The van der Waals surface area contributed by atoms with Crippen molar-refractivity contribution in [2.45, 2.75) is 44.6 Å². The van der Waals surface area contributed by atoms with Crippen LogP contribution in [0.25, 0.3) is 11.1 Å². The van der Waals surface area contributed by atoms with Crippen molar-refractivity contribution >= 4 is 18.0 Å². The Bertz CT molecular complexity index is 1080. The van der Waals surface area contributed by atoms with Gasteiger partial charge in [0.1, 0.15) is 12.6 Å². The molecule has 35 heavy (non-hydrogen) atoms. The lowest BCUT2D eigenvalue weighted by Crippen LogP contribution is -2.48. The zero-order valence-corrected chi connectivity index (χ0v) is 20.0. The zero-order valence-electron chi connectivity index (χ0n) is 20.0. The first-order chi connectivity index (χ1) is 16.9. The summed E-state index contributed by atoms with van der Waals surface area (Å²) < 4.78 is 5.68. The van der Waals surface area contributed by atoms with Crippen LogP contribution in [0.1, 0.15) is 49.7 Å². The highest BCUT2D eigenvalue weighted by atomic mass is 16.5. The second-order valence-electron chi connectivity index (χ2n) is 10.3. The quantitative estimate of drug-likeness (QED) is 0.593. The van der Waals surface area contributed by atoms with Gasteiger partial charge in [-0.1, -0.05) is 68.3 Å². The molecule has 3 atom stereocenters. The summed E-state index contributed by atoms with van der Waals surface area (Å²) in [5.74, 6) is -0.527. The van der Waals surface area contributed by atoms with Gasteiger partial charge >= 0.3 is 12.1 Å². The molecule has 184 valence electrons. The number of rotatable bonds is 8. The van der Waals surface area contributed by atoms with Gasteiger partial charge in [0.05, 0.1) is 6.42 Å². The Morgan fingerprint density at radius 1 is 1.03 bits per heavy atom. The third kappa shape index (κ3) is 5.04. The van der Waals surface area contributed by atoms with E-state index in [-0.39, 0.29) is 36.7 Å². The van der Waals surface area contributed by atoms with Gasteiger partial charge in [0.25, 0.3) is 0 Å². The summed E-state index contributed by atoms with van der Waals surface area (Å²) in [6.45, 7) is 3.12. The Kier molecular flexibility index (Phi) is 6.50. The minimum absolute atomic E-state index is 0.0399. The van der Waals surface area contributed by atoms with Crippen LogP contribution in [0.15, 0.2) is 48.5 Å². The largest absolute Gasteiger partial charge is 0.481 e. The van der Waals surface area contributed by atoms with Crippen LogP contribution in [-0.2, 0) is 14.3 Å². The summed E-state index contributed by atoms with van der Waals surface area (Å²) in [5, 5.41) is 12.0. The van der Waals surface area contributed by atoms with Crippen molar-refractivity contribution in [2.75, 3.05) is 19.7 Å². The Hall–Kier alpha value is -3.35. The fourth-order valence-corrected chi connectivity index (χ4v) is 5.62. The monoisotopic (exact) mass is 476 g/mol. The van der Waals surface area contributed by atoms with Crippen molar-refractivity contribution in [3.05, 3.63) is 59.7 Å². The van der Waals surface area contributed by atoms with Crippen LogP contribution in [-0.4, -0.2) is 53.7 Å². The van der Waals surface area contributed by atoms with E-state index < -0.39 is 18.1 Å². The molecular formula is C28H32N2O5. The molecule has 1 heterocycles. The number of carboxylic acid groups (broad SMARTS) is 1. The molecule has 2 amide bonds. The molecule has 7 nitrogen and oxygen atoms in total.